The molecule has 0 spiro atoms. The number of hydrogen-bond acceptors (Lipinski definition) is 6. The molecule has 114 valence electrons. The summed E-state index contributed by atoms with van der Waals surface area (Å²) in [7, 11) is 5.31. The normalized spacial score (nSPS) is 11.4. The fourth-order valence-electron chi connectivity index (χ4n) is 1.72. The maximum Gasteiger partial charge on any atom is 0.341 e. The fraction of sp³-hybridized carbons (Fsp3) is 0.333. The third kappa shape index (κ3) is 4.14. The molecule has 0 atom stereocenters. The third-order valence-corrected chi connectivity index (χ3v) is 2.75. The first kappa shape index (κ1) is 16.9. The van der Waals surface area contributed by atoms with Crippen molar-refractivity contribution >= 4 is 17.8 Å². The number of methoxy groups -OCH3 is 4. The Hall–Kier alpha value is -2.18. The zero-order valence-corrected chi connectivity index (χ0v) is 12.4. The first-order valence-corrected chi connectivity index (χ1v) is 6.11. The number of ether oxygens (including phenoxy) is 4. The molecule has 0 saturated heterocycles. The van der Waals surface area contributed by atoms with Gasteiger partial charge in [-0.25, -0.2) is 4.79 Å². The van der Waals surface area contributed by atoms with Gasteiger partial charge in [0.05, 0.1) is 14.2 Å². The van der Waals surface area contributed by atoms with Gasteiger partial charge in [-0.05, 0) is 12.1 Å². The maximum atomic E-state index is 12.2. The lowest BCUT2D eigenvalue weighted by Gasteiger charge is -2.13. The molecule has 0 heterocycles. The van der Waals surface area contributed by atoms with Gasteiger partial charge in [0.25, 0.3) is 0 Å². The van der Waals surface area contributed by atoms with Crippen molar-refractivity contribution < 1.29 is 28.5 Å². The Morgan fingerprint density at radius 2 is 1.67 bits per heavy atom. The van der Waals surface area contributed by atoms with E-state index in [9.17, 15) is 9.59 Å². The Morgan fingerprint density at radius 3 is 2.19 bits per heavy atom. The van der Waals surface area contributed by atoms with Gasteiger partial charge in [-0.1, -0.05) is 18.2 Å². The Kier molecular flexibility index (Phi) is 6.58. The van der Waals surface area contributed by atoms with E-state index in [0.717, 1.165) is 0 Å². The Morgan fingerprint density at radius 1 is 1.05 bits per heavy atom. The predicted octanol–water partition coefficient (Wildman–Crippen LogP) is 1.44. The number of para-hydroxylation sites is 1. The van der Waals surface area contributed by atoms with E-state index < -0.39 is 18.0 Å². The highest BCUT2D eigenvalue weighted by Crippen LogP contribution is 2.22. The molecule has 6 nitrogen and oxygen atoms in total. The topological polar surface area (TPSA) is 71.1 Å². The summed E-state index contributed by atoms with van der Waals surface area (Å²) in [6, 6.07) is 6.97. The van der Waals surface area contributed by atoms with E-state index in [-0.39, 0.29) is 5.57 Å². The zero-order chi connectivity index (χ0) is 15.8. The van der Waals surface area contributed by atoms with Gasteiger partial charge in [0.2, 0.25) is 12.1 Å². The van der Waals surface area contributed by atoms with E-state index in [2.05, 4.69) is 4.74 Å². The minimum Gasteiger partial charge on any atom is -0.496 e. The lowest BCUT2D eigenvalue weighted by Crippen LogP contribution is -2.29. The van der Waals surface area contributed by atoms with Gasteiger partial charge in [-0.3, -0.25) is 4.79 Å². The van der Waals surface area contributed by atoms with Crippen molar-refractivity contribution in [3.05, 3.63) is 35.4 Å². The highest BCUT2D eigenvalue weighted by atomic mass is 16.7. The number of rotatable bonds is 7. The third-order valence-electron chi connectivity index (χ3n) is 2.75. The summed E-state index contributed by atoms with van der Waals surface area (Å²) >= 11 is 0. The molecule has 1 aromatic carbocycles. The van der Waals surface area contributed by atoms with Crippen LogP contribution in [0.2, 0.25) is 0 Å². The highest BCUT2D eigenvalue weighted by molar-refractivity contribution is 6.21. The van der Waals surface area contributed by atoms with Crippen molar-refractivity contribution in [2.75, 3.05) is 28.4 Å². The van der Waals surface area contributed by atoms with Crippen molar-refractivity contribution in [2.45, 2.75) is 6.29 Å². The van der Waals surface area contributed by atoms with Crippen molar-refractivity contribution in [3.63, 3.8) is 0 Å². The van der Waals surface area contributed by atoms with Gasteiger partial charge in [-0.15, -0.1) is 0 Å². The van der Waals surface area contributed by atoms with Crippen molar-refractivity contribution in [1.29, 1.82) is 0 Å². The average molecular weight is 294 g/mol. The Bertz CT molecular complexity index is 531. The molecule has 0 N–H and O–H groups in total. The summed E-state index contributed by atoms with van der Waals surface area (Å²) in [5.74, 6) is -0.874. The Balaban J connectivity index is 3.28. The second kappa shape index (κ2) is 8.18. The second-order valence-electron chi connectivity index (χ2n) is 3.96. The molecule has 0 bridgehead atoms. The highest BCUT2D eigenvalue weighted by Gasteiger charge is 2.27. The molecule has 6 heteroatoms. The number of esters is 1. The molecule has 0 aliphatic rings. The van der Waals surface area contributed by atoms with E-state index >= 15 is 0 Å². The van der Waals surface area contributed by atoms with Crippen LogP contribution in [0, 0.1) is 0 Å². The molecule has 0 aliphatic heterocycles. The van der Waals surface area contributed by atoms with Gasteiger partial charge in [0.1, 0.15) is 11.3 Å². The van der Waals surface area contributed by atoms with Gasteiger partial charge >= 0.3 is 5.97 Å². The van der Waals surface area contributed by atoms with Crippen molar-refractivity contribution in [1.82, 2.24) is 0 Å². The summed E-state index contributed by atoms with van der Waals surface area (Å²) in [5, 5.41) is 0. The van der Waals surface area contributed by atoms with Crippen molar-refractivity contribution in [3.8, 4) is 5.75 Å². The van der Waals surface area contributed by atoms with Gasteiger partial charge < -0.3 is 18.9 Å². The lowest BCUT2D eigenvalue weighted by atomic mass is 10.1. The van der Waals surface area contributed by atoms with Crippen LogP contribution in [-0.4, -0.2) is 46.5 Å². The number of Topliss-reactive ketones (excluding diaryl/α,β-unsaturated/α-hetero) is 1. The number of ketones is 1. The number of hydrogen-bond donors (Lipinski definition) is 0. The molecule has 1 rings (SSSR count). The lowest BCUT2D eigenvalue weighted by molar-refractivity contribution is -0.155. The molecule has 1 aromatic rings. The minimum atomic E-state index is -1.18. The van der Waals surface area contributed by atoms with Gasteiger partial charge in [0, 0.05) is 19.8 Å². The van der Waals surface area contributed by atoms with Crippen molar-refractivity contribution in [2.24, 2.45) is 0 Å². The van der Waals surface area contributed by atoms with E-state index in [0.29, 0.717) is 11.3 Å². The monoisotopic (exact) mass is 294 g/mol. The van der Waals surface area contributed by atoms with E-state index in [1.54, 1.807) is 24.3 Å². The first-order valence-electron chi connectivity index (χ1n) is 6.11. The molecule has 0 aromatic heterocycles. The number of carbonyl (C=O) groups is 2. The van der Waals surface area contributed by atoms with Crippen LogP contribution in [0.5, 0.6) is 5.75 Å². The molecule has 0 radical (unpaired) electrons. The standard InChI is InChI=1S/C15H18O6/c1-18-12-8-6-5-7-10(12)9-11(14(17)19-2)13(16)15(20-3)21-4/h5-9,15H,1-4H3/b11-9-. The summed E-state index contributed by atoms with van der Waals surface area (Å²) < 4.78 is 19.6. The van der Waals surface area contributed by atoms with Gasteiger partial charge in [-0.2, -0.15) is 0 Å². The Labute approximate surface area is 123 Å². The second-order valence-corrected chi connectivity index (χ2v) is 3.96. The summed E-state index contributed by atoms with van der Waals surface area (Å²) in [6.07, 6.45) is 0.211. The van der Waals surface area contributed by atoms with Crippen LogP contribution in [0.1, 0.15) is 5.56 Å². The molecule has 0 fully saturated rings. The number of carbonyl (C=O) groups excluding carboxylic acids is 2. The molecule has 21 heavy (non-hydrogen) atoms. The summed E-state index contributed by atoms with van der Waals surface area (Å²) in [4.78, 5) is 24.1. The predicted molar refractivity (Wildman–Crippen MR) is 75.8 cm³/mol. The van der Waals surface area contributed by atoms with E-state index in [4.69, 9.17) is 14.2 Å². The minimum absolute atomic E-state index is 0.185. The molecule has 0 aliphatic carbocycles. The molecule has 0 amide bonds. The smallest absolute Gasteiger partial charge is 0.341 e. The van der Waals surface area contributed by atoms with Crippen LogP contribution < -0.4 is 4.74 Å². The fourth-order valence-corrected chi connectivity index (χ4v) is 1.72. The summed E-state index contributed by atoms with van der Waals surface area (Å²) in [6.45, 7) is 0. The first-order chi connectivity index (χ1) is 10.1. The SMILES string of the molecule is COC(=O)/C(=C\c1ccccc1OC)C(=O)C(OC)OC. The van der Waals surface area contributed by atoms with Crippen LogP contribution >= 0.6 is 0 Å². The number of benzene rings is 1. The van der Waals surface area contributed by atoms with Crippen LogP contribution in [0.15, 0.2) is 29.8 Å². The van der Waals surface area contributed by atoms with Crippen LogP contribution in [0.25, 0.3) is 6.08 Å². The van der Waals surface area contributed by atoms with E-state index in [1.807, 2.05) is 0 Å². The van der Waals surface area contributed by atoms with Gasteiger partial charge in [0.15, 0.2) is 0 Å². The van der Waals surface area contributed by atoms with Crippen LogP contribution in [0.3, 0.4) is 0 Å². The average Bonchev–Trinajstić information content (AvgIpc) is 2.53. The molecular weight excluding hydrogens is 276 g/mol. The molecular formula is C15H18O6. The summed E-state index contributed by atoms with van der Waals surface area (Å²) in [5.41, 5.74) is 0.385. The van der Waals surface area contributed by atoms with Crippen LogP contribution in [-0.2, 0) is 23.8 Å². The van der Waals surface area contributed by atoms with E-state index in [1.165, 1.54) is 34.5 Å². The van der Waals surface area contributed by atoms with Crippen LogP contribution in [0.4, 0.5) is 0 Å². The largest absolute Gasteiger partial charge is 0.496 e. The zero-order valence-electron chi connectivity index (χ0n) is 12.4. The molecule has 0 saturated carbocycles. The maximum absolute atomic E-state index is 12.2. The molecule has 0 unspecified atom stereocenters. The quantitative estimate of drug-likeness (QED) is 0.249.